The molecule has 0 saturated carbocycles. The minimum Gasteiger partial charge on any atom is -0.497 e. The van der Waals surface area contributed by atoms with Gasteiger partial charge in [-0.1, -0.05) is 13.3 Å². The van der Waals surface area contributed by atoms with Gasteiger partial charge in [0, 0.05) is 20.6 Å². The first-order valence-electron chi connectivity index (χ1n) is 10.2. The lowest BCUT2D eigenvalue weighted by Crippen LogP contribution is -2.38. The summed E-state index contributed by atoms with van der Waals surface area (Å²) >= 11 is 0. The Kier molecular flexibility index (Phi) is 7.01. The molecule has 168 valence electrons. The fraction of sp³-hybridized carbons (Fsp3) is 0.476. The van der Waals surface area contributed by atoms with Gasteiger partial charge >= 0.3 is 5.69 Å². The van der Waals surface area contributed by atoms with Gasteiger partial charge < -0.3 is 24.5 Å². The van der Waals surface area contributed by atoms with E-state index in [2.05, 4.69) is 17.2 Å². The number of fused-ring (bicyclic) bond motifs is 1. The molecule has 0 spiro atoms. The van der Waals surface area contributed by atoms with E-state index in [9.17, 15) is 14.7 Å². The number of benzene rings is 1. The fourth-order valence-corrected chi connectivity index (χ4v) is 3.26. The van der Waals surface area contributed by atoms with Crippen molar-refractivity contribution in [2.45, 2.75) is 32.4 Å². The van der Waals surface area contributed by atoms with E-state index in [-0.39, 0.29) is 24.3 Å². The smallest absolute Gasteiger partial charge is 0.332 e. The van der Waals surface area contributed by atoms with Crippen LogP contribution in [0.2, 0.25) is 0 Å². The van der Waals surface area contributed by atoms with Crippen LogP contribution in [0.15, 0.2) is 33.9 Å². The highest BCUT2D eigenvalue weighted by atomic mass is 16.5. The van der Waals surface area contributed by atoms with Gasteiger partial charge in [0.1, 0.15) is 24.2 Å². The summed E-state index contributed by atoms with van der Waals surface area (Å²) in [6, 6.07) is 7.04. The molecule has 0 saturated heterocycles. The Balaban J connectivity index is 1.88. The van der Waals surface area contributed by atoms with Gasteiger partial charge in [-0.25, -0.2) is 4.79 Å². The van der Waals surface area contributed by atoms with Crippen molar-refractivity contribution in [1.82, 2.24) is 18.7 Å². The number of hydrogen-bond donors (Lipinski definition) is 2. The van der Waals surface area contributed by atoms with Gasteiger partial charge in [0.05, 0.1) is 13.7 Å². The van der Waals surface area contributed by atoms with Crippen molar-refractivity contribution >= 4 is 17.1 Å². The topological polar surface area (TPSA) is 113 Å². The summed E-state index contributed by atoms with van der Waals surface area (Å²) < 4.78 is 14.8. The Morgan fingerprint density at radius 1 is 1.13 bits per heavy atom. The molecule has 3 rings (SSSR count). The normalized spacial score (nSPS) is 12.2. The summed E-state index contributed by atoms with van der Waals surface area (Å²) in [5.41, 5.74) is -0.384. The van der Waals surface area contributed by atoms with Crippen molar-refractivity contribution in [2.75, 3.05) is 25.6 Å². The summed E-state index contributed by atoms with van der Waals surface area (Å²) in [4.78, 5) is 29.6. The highest BCUT2D eigenvalue weighted by molar-refractivity contribution is 5.74. The minimum absolute atomic E-state index is 0.0203. The average molecular weight is 431 g/mol. The van der Waals surface area contributed by atoms with Gasteiger partial charge in [-0.05, 0) is 30.7 Å². The van der Waals surface area contributed by atoms with E-state index >= 15 is 0 Å². The van der Waals surface area contributed by atoms with Crippen LogP contribution < -0.4 is 26.0 Å². The number of imidazole rings is 1. The second-order valence-corrected chi connectivity index (χ2v) is 7.34. The Bertz CT molecular complexity index is 1150. The van der Waals surface area contributed by atoms with Crippen molar-refractivity contribution in [2.24, 2.45) is 14.1 Å². The number of unbranched alkanes of at least 4 members (excludes halogenated alkanes) is 1. The van der Waals surface area contributed by atoms with Crippen LogP contribution in [-0.4, -0.2) is 50.2 Å². The van der Waals surface area contributed by atoms with Gasteiger partial charge in [-0.15, -0.1) is 0 Å². The predicted molar refractivity (Wildman–Crippen MR) is 118 cm³/mol. The van der Waals surface area contributed by atoms with Crippen molar-refractivity contribution < 1.29 is 14.6 Å². The van der Waals surface area contributed by atoms with E-state index in [0.29, 0.717) is 24.0 Å². The molecule has 0 unspecified atom stereocenters. The van der Waals surface area contributed by atoms with Crippen molar-refractivity contribution in [3.63, 3.8) is 0 Å². The van der Waals surface area contributed by atoms with Crippen LogP contribution in [-0.2, 0) is 20.6 Å². The van der Waals surface area contributed by atoms with Gasteiger partial charge in [0.25, 0.3) is 5.56 Å². The molecule has 2 aromatic heterocycles. The summed E-state index contributed by atoms with van der Waals surface area (Å²) in [5.74, 6) is 1.74. The van der Waals surface area contributed by atoms with Crippen molar-refractivity contribution in [1.29, 1.82) is 0 Å². The van der Waals surface area contributed by atoms with E-state index in [1.165, 1.54) is 11.6 Å². The largest absolute Gasteiger partial charge is 0.497 e. The summed E-state index contributed by atoms with van der Waals surface area (Å²) in [5, 5.41) is 13.8. The number of aryl methyl sites for hydroxylation is 1. The second-order valence-electron chi connectivity index (χ2n) is 7.34. The number of aromatic nitrogens is 4. The fourth-order valence-electron chi connectivity index (χ4n) is 3.26. The third-order valence-electron chi connectivity index (χ3n) is 5.06. The molecule has 0 aliphatic rings. The molecular formula is C21H29N5O5. The molecule has 3 aromatic rings. The van der Waals surface area contributed by atoms with Crippen LogP contribution in [0, 0.1) is 0 Å². The zero-order chi connectivity index (χ0) is 22.5. The maximum Gasteiger partial charge on any atom is 0.332 e. The van der Waals surface area contributed by atoms with Crippen LogP contribution in [0.25, 0.3) is 11.2 Å². The molecule has 2 N–H and O–H groups in total. The molecule has 0 aliphatic heterocycles. The number of ether oxygens (including phenoxy) is 2. The molecule has 31 heavy (non-hydrogen) atoms. The number of rotatable bonds is 10. The second kappa shape index (κ2) is 9.69. The number of nitrogens with one attached hydrogen (secondary N) is 1. The number of aliphatic hydroxyl groups is 1. The first kappa shape index (κ1) is 22.4. The van der Waals surface area contributed by atoms with Gasteiger partial charge in [-0.3, -0.25) is 13.9 Å². The first-order valence-corrected chi connectivity index (χ1v) is 10.2. The molecule has 0 fully saturated rings. The van der Waals surface area contributed by atoms with Gasteiger partial charge in [-0.2, -0.15) is 4.98 Å². The number of anilines is 1. The molecule has 1 aromatic carbocycles. The number of nitrogens with zero attached hydrogens (tertiary/aromatic N) is 4. The molecule has 10 nitrogen and oxygen atoms in total. The molecule has 10 heteroatoms. The summed E-state index contributed by atoms with van der Waals surface area (Å²) in [7, 11) is 4.58. The van der Waals surface area contributed by atoms with Crippen molar-refractivity contribution in [3.05, 3.63) is 45.1 Å². The summed E-state index contributed by atoms with van der Waals surface area (Å²) in [6.07, 6.45) is 1.00. The lowest BCUT2D eigenvalue weighted by atomic mass is 10.3. The van der Waals surface area contributed by atoms with Crippen LogP contribution >= 0.6 is 0 Å². The molecule has 0 aliphatic carbocycles. The SMILES string of the molecule is CCCCNc1nc2c(c(=O)n(C)c(=O)n2C)n1C[C@H](O)COc1ccc(OC)cc1. The van der Waals surface area contributed by atoms with E-state index in [0.717, 1.165) is 17.4 Å². The Morgan fingerprint density at radius 3 is 2.45 bits per heavy atom. The highest BCUT2D eigenvalue weighted by Crippen LogP contribution is 2.19. The van der Waals surface area contributed by atoms with Crippen LogP contribution in [0.1, 0.15) is 19.8 Å². The van der Waals surface area contributed by atoms with Crippen LogP contribution in [0.4, 0.5) is 5.95 Å². The zero-order valence-electron chi connectivity index (χ0n) is 18.3. The minimum atomic E-state index is -0.909. The standard InChI is InChI=1S/C21H29N5O5/c1-5-6-11-22-20-23-18-17(19(28)25(3)21(29)24(18)2)26(20)12-14(27)13-31-16-9-7-15(30-4)8-10-16/h7-10,14,27H,5-6,11-13H2,1-4H3,(H,22,23)/t14-/m0/s1. The Morgan fingerprint density at radius 2 is 1.81 bits per heavy atom. The molecule has 0 bridgehead atoms. The molecule has 2 heterocycles. The zero-order valence-corrected chi connectivity index (χ0v) is 18.3. The molecule has 0 radical (unpaired) electrons. The number of hydrogen-bond acceptors (Lipinski definition) is 7. The molecule has 0 amide bonds. The number of methoxy groups -OCH3 is 1. The predicted octanol–water partition coefficient (Wildman–Crippen LogP) is 1.09. The average Bonchev–Trinajstić information content (AvgIpc) is 3.13. The third kappa shape index (κ3) is 4.74. The van der Waals surface area contributed by atoms with E-state index in [1.807, 2.05) is 0 Å². The molecule has 1 atom stereocenters. The highest BCUT2D eigenvalue weighted by Gasteiger charge is 2.21. The van der Waals surface area contributed by atoms with E-state index in [4.69, 9.17) is 9.47 Å². The third-order valence-corrected chi connectivity index (χ3v) is 5.06. The Hall–Kier alpha value is -3.27. The quantitative estimate of drug-likeness (QED) is 0.462. The Labute approximate surface area is 179 Å². The lowest BCUT2D eigenvalue weighted by molar-refractivity contribution is 0.0938. The van der Waals surface area contributed by atoms with Crippen LogP contribution in [0.3, 0.4) is 0 Å². The lowest BCUT2D eigenvalue weighted by Gasteiger charge is -2.16. The first-order chi connectivity index (χ1) is 14.9. The van der Waals surface area contributed by atoms with Crippen LogP contribution in [0.5, 0.6) is 11.5 Å². The van der Waals surface area contributed by atoms with Gasteiger partial charge in [0.15, 0.2) is 11.2 Å². The molecular weight excluding hydrogens is 402 g/mol. The number of aliphatic hydroxyl groups excluding tert-OH is 1. The van der Waals surface area contributed by atoms with Crippen molar-refractivity contribution in [3.8, 4) is 11.5 Å². The van der Waals surface area contributed by atoms with E-state index < -0.39 is 17.4 Å². The maximum absolute atomic E-state index is 12.8. The summed E-state index contributed by atoms with van der Waals surface area (Å²) in [6.45, 7) is 2.83. The van der Waals surface area contributed by atoms with E-state index in [1.54, 1.807) is 43.0 Å². The van der Waals surface area contributed by atoms with Gasteiger partial charge in [0.2, 0.25) is 5.95 Å². The maximum atomic E-state index is 12.8. The monoisotopic (exact) mass is 431 g/mol.